The van der Waals surface area contributed by atoms with Crippen LogP contribution in [0.3, 0.4) is 0 Å². The molecule has 2 aromatic carbocycles. The van der Waals surface area contributed by atoms with Crippen molar-refractivity contribution in [1.29, 1.82) is 0 Å². The van der Waals surface area contributed by atoms with Crippen LogP contribution in [0.2, 0.25) is 0 Å². The van der Waals surface area contributed by atoms with Crippen molar-refractivity contribution in [2.75, 3.05) is 110 Å². The standard InChI is InChI=1S/C56H80N14O17S/c1-6-41(64-54(82)42(7-2)63-46(72)31-67-16-18-68(32-47(73)74)20-22-70(34-49(77)78)23-21-69(19-17-67)33-48(75)76)53(81)58-13-12-57-45(71)9-8-24-87-38-25-35(3)51(36(4)26-38)88(85,86)65-43(55(83)84)29-61-52(80)40-30-66(5)44-27-37(10-11-39(44)50(40)79)28-62-56-59-14-15-60-56/h10-11,14-15,25-27,30,41-43,65H,6-9,12-13,16-24,28-29,31-34H2,1-5H3,(H,57,71)(H,58,81)(H,61,80)(H,63,72)(H,64,82)(H,73,74)(H,75,76)(H,77,78)(H,83,84)(H2,59,60,62). The average Bonchev–Trinajstić information content (AvgIpc) is 1.31. The van der Waals surface area contributed by atoms with E-state index in [1.54, 1.807) is 75.7 Å². The molecule has 5 amide bonds. The SMILES string of the molecule is CCC(NC(=O)CN1CCN(CC(=O)O)CCN(CC(=O)O)CCN(CC(=O)O)CC1)C(=O)NC(CC)C(=O)NCCNC(=O)CCCOc1cc(C)c(S(=O)(=O)NC(CNC(=O)c2cn(C)c3cc(CNc4ncc[nH]4)ccc3c2=O)C(=O)O)c(C)c1. The second kappa shape index (κ2) is 34.1. The fourth-order valence-corrected chi connectivity index (χ4v) is 11.4. The van der Waals surface area contributed by atoms with Crippen molar-refractivity contribution in [2.45, 2.75) is 82.9 Å². The summed E-state index contributed by atoms with van der Waals surface area (Å²) in [5.74, 6) is -7.00. The molecule has 1 saturated heterocycles. The molecule has 1 aliphatic rings. The third kappa shape index (κ3) is 22.3. The molecule has 0 radical (unpaired) electrons. The highest BCUT2D eigenvalue weighted by Gasteiger charge is 2.31. The third-order valence-corrected chi connectivity index (χ3v) is 16.0. The van der Waals surface area contributed by atoms with Crippen molar-refractivity contribution in [3.63, 3.8) is 0 Å². The van der Waals surface area contributed by atoms with Gasteiger partial charge in [0.25, 0.3) is 5.91 Å². The molecule has 0 saturated carbocycles. The van der Waals surface area contributed by atoms with E-state index in [1.807, 2.05) is 0 Å². The second-order valence-corrected chi connectivity index (χ2v) is 22.8. The quantitative estimate of drug-likeness (QED) is 0.0243. The molecule has 31 nitrogen and oxygen atoms in total. The van der Waals surface area contributed by atoms with Crippen LogP contribution < -0.4 is 46.8 Å². The van der Waals surface area contributed by atoms with Crippen LogP contribution in [-0.2, 0) is 62.0 Å². The fraction of sp³-hybridized carbons (Fsp3) is 0.518. The van der Waals surface area contributed by atoms with Gasteiger partial charge in [-0.1, -0.05) is 19.9 Å². The highest BCUT2D eigenvalue weighted by molar-refractivity contribution is 7.89. The number of H-pyrrole nitrogens is 1. The lowest BCUT2D eigenvalue weighted by molar-refractivity contribution is -0.140. The van der Waals surface area contributed by atoms with Crippen molar-refractivity contribution in [3.05, 3.63) is 81.4 Å². The van der Waals surface area contributed by atoms with E-state index < -0.39 is 87.6 Å². The van der Waals surface area contributed by atoms with Crippen molar-refractivity contribution in [3.8, 4) is 5.75 Å². The maximum Gasteiger partial charge on any atom is 0.323 e. The Kier molecular flexibility index (Phi) is 27.2. The molecule has 4 aromatic rings. The van der Waals surface area contributed by atoms with Crippen molar-refractivity contribution in [1.82, 2.24) is 65.4 Å². The Morgan fingerprint density at radius 3 is 1.76 bits per heavy atom. The van der Waals surface area contributed by atoms with Crippen LogP contribution >= 0.6 is 0 Å². The number of imidazole rings is 1. The molecular formula is C56H80N14O17S. The van der Waals surface area contributed by atoms with Gasteiger partial charge >= 0.3 is 23.9 Å². The number of aromatic amines is 1. The number of aryl methyl sites for hydroxylation is 3. The lowest BCUT2D eigenvalue weighted by atomic mass is 10.1. The Labute approximate surface area is 508 Å². The van der Waals surface area contributed by atoms with E-state index in [0.29, 0.717) is 18.0 Å². The van der Waals surface area contributed by atoms with Crippen LogP contribution in [0, 0.1) is 13.8 Å². The van der Waals surface area contributed by atoms with Gasteiger partial charge in [0.05, 0.1) is 43.2 Å². The summed E-state index contributed by atoms with van der Waals surface area (Å²) in [6.07, 6.45) is 5.19. The van der Waals surface area contributed by atoms with Gasteiger partial charge in [0, 0.05) is 116 Å². The summed E-state index contributed by atoms with van der Waals surface area (Å²) in [6, 6.07) is 4.08. The number of aromatic nitrogens is 3. The van der Waals surface area contributed by atoms with E-state index in [1.165, 1.54) is 32.2 Å². The number of carbonyl (C=O) groups excluding carboxylic acids is 5. The van der Waals surface area contributed by atoms with Gasteiger partial charge in [0.1, 0.15) is 29.4 Å². The molecule has 0 aliphatic carbocycles. The van der Waals surface area contributed by atoms with Crippen LogP contribution in [0.1, 0.15) is 66.6 Å². The lowest BCUT2D eigenvalue weighted by Crippen LogP contribution is -2.55. The molecule has 482 valence electrons. The number of fused-ring (bicyclic) bond motifs is 1. The minimum atomic E-state index is -4.52. The molecule has 5 rings (SSSR count). The number of rotatable bonds is 32. The summed E-state index contributed by atoms with van der Waals surface area (Å²) in [7, 11) is -2.87. The minimum Gasteiger partial charge on any atom is -0.494 e. The van der Waals surface area contributed by atoms with E-state index in [4.69, 9.17) is 4.74 Å². The summed E-state index contributed by atoms with van der Waals surface area (Å²) in [6.45, 7) is 6.46. The number of hydrogen-bond donors (Lipinski definition) is 12. The molecular weight excluding hydrogens is 1170 g/mol. The average molecular weight is 1250 g/mol. The van der Waals surface area contributed by atoms with E-state index in [0.717, 1.165) is 5.56 Å². The van der Waals surface area contributed by atoms with E-state index in [9.17, 15) is 76.8 Å². The van der Waals surface area contributed by atoms with Gasteiger partial charge < -0.3 is 66.6 Å². The highest BCUT2D eigenvalue weighted by Crippen LogP contribution is 2.26. The number of pyridine rings is 1. The first-order valence-electron chi connectivity index (χ1n) is 28.6. The van der Waals surface area contributed by atoms with Gasteiger partial charge in [-0.2, -0.15) is 4.72 Å². The number of benzene rings is 2. The summed E-state index contributed by atoms with van der Waals surface area (Å²) in [5.41, 5.74) is 0.901. The number of hydrogen-bond acceptors (Lipinski definition) is 19. The van der Waals surface area contributed by atoms with E-state index in [2.05, 4.69) is 46.6 Å². The van der Waals surface area contributed by atoms with Gasteiger partial charge in [0.2, 0.25) is 39.1 Å². The highest BCUT2D eigenvalue weighted by atomic mass is 32.2. The molecule has 3 heterocycles. The Morgan fingerprint density at radius 1 is 0.693 bits per heavy atom. The van der Waals surface area contributed by atoms with Crippen molar-refractivity contribution in [2.24, 2.45) is 7.05 Å². The van der Waals surface area contributed by atoms with Gasteiger partial charge in [-0.15, -0.1) is 0 Å². The van der Waals surface area contributed by atoms with Gasteiger partial charge in [0.15, 0.2) is 5.95 Å². The van der Waals surface area contributed by atoms with Crippen LogP contribution in [-0.4, -0.2) is 239 Å². The number of amides is 5. The Morgan fingerprint density at radius 2 is 1.24 bits per heavy atom. The molecule has 88 heavy (non-hydrogen) atoms. The number of ether oxygens (including phenoxy) is 1. The van der Waals surface area contributed by atoms with Crippen LogP contribution in [0.25, 0.3) is 10.9 Å². The predicted octanol–water partition coefficient (Wildman–Crippen LogP) is -1.69. The fourth-order valence-electron chi connectivity index (χ4n) is 9.71. The number of nitrogens with zero attached hydrogens (tertiary/aromatic N) is 6. The predicted molar refractivity (Wildman–Crippen MR) is 319 cm³/mol. The van der Waals surface area contributed by atoms with Crippen LogP contribution in [0.15, 0.2) is 58.6 Å². The molecule has 12 N–H and O–H groups in total. The zero-order valence-corrected chi connectivity index (χ0v) is 50.7. The molecule has 1 fully saturated rings. The topological polar surface area (TPSA) is 426 Å². The summed E-state index contributed by atoms with van der Waals surface area (Å²) < 4.78 is 36.9. The van der Waals surface area contributed by atoms with Gasteiger partial charge in [-0.05, 0) is 74.1 Å². The molecule has 3 unspecified atom stereocenters. The lowest BCUT2D eigenvalue weighted by Gasteiger charge is -2.33. The number of sulfonamides is 1. The van der Waals surface area contributed by atoms with E-state index in [-0.39, 0.29) is 163 Å². The smallest absolute Gasteiger partial charge is 0.323 e. The summed E-state index contributed by atoms with van der Waals surface area (Å²) >= 11 is 0. The number of aliphatic carboxylic acids is 4. The molecule has 0 bridgehead atoms. The van der Waals surface area contributed by atoms with Crippen LogP contribution in [0.5, 0.6) is 5.75 Å². The number of carbonyl (C=O) groups is 9. The first-order chi connectivity index (χ1) is 41.8. The molecule has 0 spiro atoms. The zero-order valence-electron chi connectivity index (χ0n) is 49.9. The maximum atomic E-state index is 13.7. The second-order valence-electron chi connectivity index (χ2n) is 21.1. The Hall–Kier alpha value is -8.56. The number of anilines is 1. The largest absolute Gasteiger partial charge is 0.494 e. The Balaban J connectivity index is 1.04. The monoisotopic (exact) mass is 1250 g/mol. The van der Waals surface area contributed by atoms with Crippen molar-refractivity contribution >= 4 is 80.3 Å². The third-order valence-electron chi connectivity index (χ3n) is 14.3. The van der Waals surface area contributed by atoms with Gasteiger partial charge in [-0.25, -0.2) is 13.4 Å². The van der Waals surface area contributed by atoms with Crippen molar-refractivity contribution < 1.29 is 76.7 Å². The summed E-state index contributed by atoms with van der Waals surface area (Å²) in [4.78, 5) is 140. The zero-order chi connectivity index (χ0) is 64.7. The molecule has 2 aromatic heterocycles. The van der Waals surface area contributed by atoms with Crippen LogP contribution in [0.4, 0.5) is 5.95 Å². The first kappa shape index (κ1) is 70.2. The number of carboxylic acid groups (broad SMARTS) is 4. The summed E-state index contributed by atoms with van der Waals surface area (Å²) in [5, 5.41) is 54.9. The van der Waals surface area contributed by atoms with E-state index >= 15 is 0 Å². The molecule has 32 heteroatoms. The minimum absolute atomic E-state index is 0.0110. The maximum absolute atomic E-state index is 13.7. The first-order valence-corrected chi connectivity index (χ1v) is 30.1. The molecule has 3 atom stereocenters. The molecule has 1 aliphatic heterocycles. The Bertz CT molecular complexity index is 3230. The van der Waals surface area contributed by atoms with Gasteiger partial charge in [-0.3, -0.25) is 67.5 Å². The normalized spacial score (nSPS) is 15.1. The number of nitrogens with one attached hydrogen (secondary N) is 8. The number of carboxylic acids is 4.